The Morgan fingerprint density at radius 3 is 2.79 bits per heavy atom. The second-order valence-corrected chi connectivity index (χ2v) is 5.21. The highest BCUT2D eigenvalue weighted by Crippen LogP contribution is 2.31. The van der Waals surface area contributed by atoms with Crippen LogP contribution >= 0.6 is 0 Å². The Kier molecular flexibility index (Phi) is 4.96. The normalized spacial score (nSPS) is 18.0. The number of aliphatic hydroxyl groups excluding tert-OH is 1. The van der Waals surface area contributed by atoms with Gasteiger partial charge in [0.2, 0.25) is 5.88 Å². The van der Waals surface area contributed by atoms with Gasteiger partial charge in [-0.15, -0.1) is 0 Å². The summed E-state index contributed by atoms with van der Waals surface area (Å²) in [6, 6.07) is 1.81. The highest BCUT2D eigenvalue weighted by molar-refractivity contribution is 5.40. The summed E-state index contributed by atoms with van der Waals surface area (Å²) in [7, 11) is 0. The molecule has 0 atom stereocenters. The van der Waals surface area contributed by atoms with Crippen LogP contribution in [-0.4, -0.2) is 33.8 Å². The zero-order valence-electron chi connectivity index (χ0n) is 11.6. The van der Waals surface area contributed by atoms with Crippen LogP contribution in [0.1, 0.15) is 45.4 Å². The molecule has 1 aliphatic carbocycles. The van der Waals surface area contributed by atoms with Crippen molar-refractivity contribution in [3.05, 3.63) is 12.4 Å². The average molecular weight is 265 g/mol. The first-order valence-corrected chi connectivity index (χ1v) is 7.12. The molecule has 1 aromatic heterocycles. The zero-order chi connectivity index (χ0) is 13.6. The Morgan fingerprint density at radius 2 is 2.11 bits per heavy atom. The minimum absolute atomic E-state index is 0.141. The van der Waals surface area contributed by atoms with Gasteiger partial charge in [-0.1, -0.05) is 26.2 Å². The maximum Gasteiger partial charge on any atom is 0.218 e. The van der Waals surface area contributed by atoms with Crippen LogP contribution in [0.3, 0.4) is 0 Å². The smallest absolute Gasteiger partial charge is 0.218 e. The number of nitrogens with zero attached hydrogens (tertiary/aromatic N) is 2. The highest BCUT2D eigenvalue weighted by Gasteiger charge is 2.31. The first-order chi connectivity index (χ1) is 9.28. The molecule has 0 aromatic carbocycles. The summed E-state index contributed by atoms with van der Waals surface area (Å²) in [6.07, 6.45) is 7.97. The number of ether oxygens (including phenoxy) is 1. The first kappa shape index (κ1) is 14.1. The lowest BCUT2D eigenvalue weighted by molar-refractivity contribution is 0.172. The van der Waals surface area contributed by atoms with Gasteiger partial charge >= 0.3 is 0 Å². The third-order valence-electron chi connectivity index (χ3n) is 3.60. The van der Waals surface area contributed by atoms with E-state index >= 15 is 0 Å². The molecule has 0 bridgehead atoms. The van der Waals surface area contributed by atoms with Crippen molar-refractivity contribution in [2.75, 3.05) is 18.5 Å². The summed E-state index contributed by atoms with van der Waals surface area (Å²) in [5, 5.41) is 13.1. The SMILES string of the molecule is CCCOc1cc(NC2(CO)CCCCC2)ncn1. The van der Waals surface area contributed by atoms with Crippen molar-refractivity contribution < 1.29 is 9.84 Å². The fourth-order valence-electron chi connectivity index (χ4n) is 2.52. The largest absolute Gasteiger partial charge is 0.478 e. The van der Waals surface area contributed by atoms with E-state index in [9.17, 15) is 5.11 Å². The van der Waals surface area contributed by atoms with E-state index < -0.39 is 0 Å². The van der Waals surface area contributed by atoms with E-state index in [0.717, 1.165) is 37.9 Å². The number of hydrogen-bond donors (Lipinski definition) is 2. The van der Waals surface area contributed by atoms with Gasteiger partial charge in [0, 0.05) is 6.07 Å². The Hall–Kier alpha value is -1.36. The minimum atomic E-state index is -0.228. The molecule has 0 amide bonds. The van der Waals surface area contributed by atoms with Crippen LogP contribution in [0.4, 0.5) is 5.82 Å². The summed E-state index contributed by atoms with van der Waals surface area (Å²) in [4.78, 5) is 8.30. The lowest BCUT2D eigenvalue weighted by Gasteiger charge is -2.36. The molecule has 1 heterocycles. The molecule has 0 radical (unpaired) electrons. The van der Waals surface area contributed by atoms with Crippen LogP contribution in [0.15, 0.2) is 12.4 Å². The van der Waals surface area contributed by atoms with Crippen LogP contribution in [-0.2, 0) is 0 Å². The van der Waals surface area contributed by atoms with E-state index in [1.807, 2.05) is 6.07 Å². The van der Waals surface area contributed by atoms with Crippen molar-refractivity contribution in [1.29, 1.82) is 0 Å². The van der Waals surface area contributed by atoms with E-state index in [2.05, 4.69) is 22.2 Å². The standard InChI is InChI=1S/C14H23N3O2/c1-2-8-19-13-9-12(15-11-16-13)17-14(10-18)6-4-3-5-7-14/h9,11,18H,2-8,10H2,1H3,(H,15,16,17). The molecule has 2 N–H and O–H groups in total. The Labute approximate surface area is 114 Å². The van der Waals surface area contributed by atoms with Crippen LogP contribution in [0, 0.1) is 0 Å². The monoisotopic (exact) mass is 265 g/mol. The highest BCUT2D eigenvalue weighted by atomic mass is 16.5. The molecular formula is C14H23N3O2. The quantitative estimate of drug-likeness (QED) is 0.826. The van der Waals surface area contributed by atoms with Gasteiger partial charge in [-0.25, -0.2) is 9.97 Å². The topological polar surface area (TPSA) is 67.3 Å². The van der Waals surface area contributed by atoms with Crippen LogP contribution in [0.25, 0.3) is 0 Å². The predicted molar refractivity (Wildman–Crippen MR) is 74.3 cm³/mol. The molecule has 5 nitrogen and oxygen atoms in total. The Balaban J connectivity index is 2.04. The Bertz CT molecular complexity index is 392. The average Bonchev–Trinajstić information content (AvgIpc) is 2.46. The summed E-state index contributed by atoms with van der Waals surface area (Å²) < 4.78 is 5.50. The summed E-state index contributed by atoms with van der Waals surface area (Å²) in [5.41, 5.74) is -0.228. The van der Waals surface area contributed by atoms with Gasteiger partial charge in [-0.2, -0.15) is 0 Å². The molecule has 0 unspecified atom stereocenters. The van der Waals surface area contributed by atoms with Gasteiger partial charge in [0.25, 0.3) is 0 Å². The van der Waals surface area contributed by atoms with Gasteiger partial charge in [0.05, 0.1) is 18.8 Å². The minimum Gasteiger partial charge on any atom is -0.478 e. The number of aliphatic hydroxyl groups is 1. The van der Waals surface area contributed by atoms with Crippen molar-refractivity contribution in [1.82, 2.24) is 9.97 Å². The molecule has 1 aromatic rings. The maximum atomic E-state index is 9.68. The van der Waals surface area contributed by atoms with Crippen LogP contribution in [0.5, 0.6) is 5.88 Å². The fourth-order valence-corrected chi connectivity index (χ4v) is 2.52. The second-order valence-electron chi connectivity index (χ2n) is 5.21. The molecule has 1 fully saturated rings. The molecule has 1 aliphatic rings. The number of anilines is 1. The van der Waals surface area contributed by atoms with Crippen LogP contribution in [0.2, 0.25) is 0 Å². The van der Waals surface area contributed by atoms with Crippen LogP contribution < -0.4 is 10.1 Å². The van der Waals surface area contributed by atoms with E-state index in [0.29, 0.717) is 12.5 Å². The third kappa shape index (κ3) is 3.80. The molecule has 106 valence electrons. The number of aromatic nitrogens is 2. The summed E-state index contributed by atoms with van der Waals surface area (Å²) >= 11 is 0. The van der Waals surface area contributed by atoms with Crippen molar-refractivity contribution >= 4 is 5.82 Å². The van der Waals surface area contributed by atoms with Crippen molar-refractivity contribution in [2.24, 2.45) is 0 Å². The molecule has 5 heteroatoms. The second kappa shape index (κ2) is 6.70. The molecular weight excluding hydrogens is 242 g/mol. The zero-order valence-corrected chi connectivity index (χ0v) is 11.6. The van der Waals surface area contributed by atoms with E-state index in [1.165, 1.54) is 12.7 Å². The Morgan fingerprint density at radius 1 is 1.32 bits per heavy atom. The molecule has 19 heavy (non-hydrogen) atoms. The van der Waals surface area contributed by atoms with Gasteiger partial charge in [-0.05, 0) is 19.3 Å². The molecule has 1 saturated carbocycles. The van der Waals surface area contributed by atoms with Gasteiger partial charge in [0.15, 0.2) is 0 Å². The molecule has 0 aliphatic heterocycles. The lowest BCUT2D eigenvalue weighted by Crippen LogP contribution is -2.44. The lowest BCUT2D eigenvalue weighted by atomic mass is 9.82. The number of rotatable bonds is 6. The van der Waals surface area contributed by atoms with E-state index in [4.69, 9.17) is 4.74 Å². The fraction of sp³-hybridized carbons (Fsp3) is 0.714. The van der Waals surface area contributed by atoms with Gasteiger partial charge in [0.1, 0.15) is 12.1 Å². The molecule has 0 saturated heterocycles. The summed E-state index contributed by atoms with van der Waals surface area (Å²) in [6.45, 7) is 2.85. The predicted octanol–water partition coefficient (Wildman–Crippen LogP) is 2.37. The number of nitrogens with one attached hydrogen (secondary N) is 1. The van der Waals surface area contributed by atoms with Gasteiger partial charge in [-0.3, -0.25) is 0 Å². The first-order valence-electron chi connectivity index (χ1n) is 7.12. The molecule has 0 spiro atoms. The third-order valence-corrected chi connectivity index (χ3v) is 3.60. The maximum absolute atomic E-state index is 9.68. The van der Waals surface area contributed by atoms with Crippen molar-refractivity contribution in [3.63, 3.8) is 0 Å². The number of hydrogen-bond acceptors (Lipinski definition) is 5. The van der Waals surface area contributed by atoms with E-state index in [-0.39, 0.29) is 12.1 Å². The summed E-state index contributed by atoms with van der Waals surface area (Å²) in [5.74, 6) is 1.32. The van der Waals surface area contributed by atoms with Crippen molar-refractivity contribution in [2.45, 2.75) is 51.0 Å². The molecule has 2 rings (SSSR count). The van der Waals surface area contributed by atoms with Gasteiger partial charge < -0.3 is 15.2 Å². The van der Waals surface area contributed by atoms with E-state index in [1.54, 1.807) is 0 Å². The van der Waals surface area contributed by atoms with Crippen molar-refractivity contribution in [3.8, 4) is 5.88 Å².